The number of methoxy groups -OCH3 is 2. The first kappa shape index (κ1) is 17.1. The van der Waals surface area contributed by atoms with Gasteiger partial charge in [-0.2, -0.15) is 0 Å². The molecular weight excluding hydrogens is 316 g/mol. The highest BCUT2D eigenvalue weighted by Gasteiger charge is 2.18. The average molecular weight is 336 g/mol. The van der Waals surface area contributed by atoms with Crippen LogP contribution in [0.15, 0.2) is 23.4 Å². The molecule has 1 atom stereocenters. The minimum atomic E-state index is -0.314. The Balaban J connectivity index is 2.05. The predicted octanol–water partition coefficient (Wildman–Crippen LogP) is 2.26. The normalized spacial score (nSPS) is 11.9. The van der Waals surface area contributed by atoms with E-state index in [1.807, 2.05) is 25.5 Å². The van der Waals surface area contributed by atoms with E-state index in [4.69, 9.17) is 9.47 Å². The summed E-state index contributed by atoms with van der Waals surface area (Å²) in [7, 11) is 4.99. The van der Waals surface area contributed by atoms with Gasteiger partial charge in [-0.3, -0.25) is 4.79 Å². The molecule has 2 rings (SSSR count). The predicted molar refractivity (Wildman–Crippen MR) is 89.2 cm³/mol. The molecule has 0 fully saturated rings. The molecule has 1 aromatic heterocycles. The van der Waals surface area contributed by atoms with Crippen LogP contribution in [0.1, 0.15) is 12.7 Å². The first-order valence-corrected chi connectivity index (χ1v) is 7.89. The van der Waals surface area contributed by atoms with Crippen molar-refractivity contribution in [2.45, 2.75) is 24.3 Å². The molecule has 0 saturated heterocycles. The van der Waals surface area contributed by atoms with Crippen molar-refractivity contribution in [3.8, 4) is 11.5 Å². The van der Waals surface area contributed by atoms with Crippen LogP contribution in [-0.2, 0) is 11.8 Å². The van der Waals surface area contributed by atoms with E-state index < -0.39 is 0 Å². The number of thioether (sulfide) groups is 1. The van der Waals surface area contributed by atoms with Crippen LogP contribution in [0, 0.1) is 6.92 Å². The summed E-state index contributed by atoms with van der Waals surface area (Å²) in [6.07, 6.45) is 0. The molecule has 0 unspecified atom stereocenters. The Morgan fingerprint density at radius 1 is 1.26 bits per heavy atom. The van der Waals surface area contributed by atoms with Gasteiger partial charge in [0.2, 0.25) is 5.91 Å². The van der Waals surface area contributed by atoms with Gasteiger partial charge in [0.15, 0.2) is 16.7 Å². The number of aromatic nitrogens is 3. The zero-order chi connectivity index (χ0) is 17.0. The molecule has 0 bridgehead atoms. The molecule has 7 nitrogen and oxygen atoms in total. The van der Waals surface area contributed by atoms with E-state index in [1.165, 1.54) is 11.8 Å². The number of aryl methyl sites for hydroxylation is 1. The Bertz CT molecular complexity index is 702. The van der Waals surface area contributed by atoms with Gasteiger partial charge in [-0.05, 0) is 26.0 Å². The lowest BCUT2D eigenvalue weighted by Crippen LogP contribution is -2.22. The van der Waals surface area contributed by atoms with Crippen molar-refractivity contribution < 1.29 is 14.3 Å². The van der Waals surface area contributed by atoms with Gasteiger partial charge in [0.25, 0.3) is 0 Å². The number of rotatable bonds is 6. The van der Waals surface area contributed by atoms with Crippen LogP contribution in [-0.4, -0.2) is 40.1 Å². The maximum absolute atomic E-state index is 12.3. The Morgan fingerprint density at radius 3 is 2.52 bits per heavy atom. The highest BCUT2D eigenvalue weighted by atomic mass is 32.2. The zero-order valence-corrected chi connectivity index (χ0v) is 14.6. The largest absolute Gasteiger partial charge is 0.493 e. The van der Waals surface area contributed by atoms with Gasteiger partial charge in [-0.25, -0.2) is 0 Å². The van der Waals surface area contributed by atoms with Crippen LogP contribution in [0.3, 0.4) is 0 Å². The molecule has 0 spiro atoms. The van der Waals surface area contributed by atoms with Crippen LogP contribution in [0.25, 0.3) is 0 Å². The second-order valence-electron chi connectivity index (χ2n) is 4.91. The molecule has 2 aromatic rings. The number of carbonyl (C=O) groups is 1. The van der Waals surface area contributed by atoms with Gasteiger partial charge in [-0.15, -0.1) is 10.2 Å². The number of ether oxygens (including phenoxy) is 2. The topological polar surface area (TPSA) is 78.3 Å². The fourth-order valence-electron chi connectivity index (χ4n) is 1.86. The Labute approximate surface area is 139 Å². The van der Waals surface area contributed by atoms with Crippen LogP contribution in [0.5, 0.6) is 11.5 Å². The van der Waals surface area contributed by atoms with E-state index in [9.17, 15) is 4.79 Å². The highest BCUT2D eigenvalue weighted by molar-refractivity contribution is 8.00. The van der Waals surface area contributed by atoms with Crippen LogP contribution in [0.2, 0.25) is 0 Å². The van der Waals surface area contributed by atoms with Gasteiger partial charge in [0.05, 0.1) is 19.5 Å². The van der Waals surface area contributed by atoms with E-state index in [-0.39, 0.29) is 11.2 Å². The number of nitrogens with one attached hydrogen (secondary N) is 1. The summed E-state index contributed by atoms with van der Waals surface area (Å²) in [5.41, 5.74) is 0.647. The van der Waals surface area contributed by atoms with Gasteiger partial charge in [0.1, 0.15) is 5.82 Å². The lowest BCUT2D eigenvalue weighted by molar-refractivity contribution is -0.115. The minimum absolute atomic E-state index is 0.122. The van der Waals surface area contributed by atoms with Crippen LogP contribution < -0.4 is 14.8 Å². The zero-order valence-electron chi connectivity index (χ0n) is 13.8. The Hall–Kier alpha value is -2.22. The first-order valence-electron chi connectivity index (χ1n) is 7.01. The number of hydrogen-bond donors (Lipinski definition) is 1. The number of hydrogen-bond acceptors (Lipinski definition) is 6. The van der Waals surface area contributed by atoms with Gasteiger partial charge in [0, 0.05) is 18.8 Å². The third-order valence-electron chi connectivity index (χ3n) is 3.36. The Kier molecular flexibility index (Phi) is 5.49. The summed E-state index contributed by atoms with van der Waals surface area (Å²) in [4.78, 5) is 12.3. The van der Waals surface area contributed by atoms with Crippen LogP contribution in [0.4, 0.5) is 5.69 Å². The number of carbonyl (C=O) groups excluding carboxylic acids is 1. The summed E-state index contributed by atoms with van der Waals surface area (Å²) in [6.45, 7) is 3.69. The molecule has 0 saturated carbocycles. The first-order chi connectivity index (χ1) is 11.0. The number of benzene rings is 1. The molecule has 1 amide bonds. The third-order valence-corrected chi connectivity index (χ3v) is 4.49. The van der Waals surface area contributed by atoms with E-state index in [0.717, 1.165) is 5.82 Å². The smallest absolute Gasteiger partial charge is 0.237 e. The molecule has 8 heteroatoms. The lowest BCUT2D eigenvalue weighted by atomic mass is 10.2. The third kappa shape index (κ3) is 3.95. The fourth-order valence-corrected chi connectivity index (χ4v) is 2.72. The summed E-state index contributed by atoms with van der Waals surface area (Å²) in [5, 5.41) is 11.3. The van der Waals surface area contributed by atoms with E-state index in [2.05, 4.69) is 15.5 Å². The van der Waals surface area contributed by atoms with Crippen LogP contribution >= 0.6 is 11.8 Å². The van der Waals surface area contributed by atoms with Crippen molar-refractivity contribution in [1.82, 2.24) is 14.8 Å². The van der Waals surface area contributed by atoms with Gasteiger partial charge < -0.3 is 19.4 Å². The van der Waals surface area contributed by atoms with Crippen molar-refractivity contribution in [3.63, 3.8) is 0 Å². The molecule has 1 aromatic carbocycles. The van der Waals surface area contributed by atoms with Crippen molar-refractivity contribution in [1.29, 1.82) is 0 Å². The molecule has 0 aliphatic carbocycles. The fraction of sp³-hybridized carbons (Fsp3) is 0.400. The quantitative estimate of drug-likeness (QED) is 0.815. The van der Waals surface area contributed by atoms with Crippen molar-refractivity contribution in [3.05, 3.63) is 24.0 Å². The van der Waals surface area contributed by atoms with Gasteiger partial charge >= 0.3 is 0 Å². The van der Waals surface area contributed by atoms with Gasteiger partial charge in [-0.1, -0.05) is 11.8 Å². The van der Waals surface area contributed by atoms with E-state index in [0.29, 0.717) is 22.3 Å². The molecule has 0 radical (unpaired) electrons. The summed E-state index contributed by atoms with van der Waals surface area (Å²) in [5.74, 6) is 1.86. The van der Waals surface area contributed by atoms with E-state index >= 15 is 0 Å². The maximum Gasteiger partial charge on any atom is 0.237 e. The summed E-state index contributed by atoms with van der Waals surface area (Å²) in [6, 6.07) is 5.24. The molecule has 23 heavy (non-hydrogen) atoms. The number of nitrogens with zero attached hydrogens (tertiary/aromatic N) is 3. The second-order valence-corrected chi connectivity index (χ2v) is 6.22. The monoisotopic (exact) mass is 336 g/mol. The Morgan fingerprint density at radius 2 is 1.96 bits per heavy atom. The molecular formula is C15H20N4O3S. The lowest BCUT2D eigenvalue weighted by Gasteiger charge is -2.13. The number of amides is 1. The summed E-state index contributed by atoms with van der Waals surface area (Å²) < 4.78 is 12.3. The average Bonchev–Trinajstić information content (AvgIpc) is 2.86. The van der Waals surface area contributed by atoms with E-state index in [1.54, 1.807) is 32.4 Å². The standard InChI is InChI=1S/C15H20N4O3S/c1-9(23-15-18-17-10(2)19(15)3)14(20)16-11-6-7-12(21-4)13(8-11)22-5/h6-9H,1-5H3,(H,16,20)/t9-/m0/s1. The summed E-state index contributed by atoms with van der Waals surface area (Å²) >= 11 is 1.36. The molecule has 0 aliphatic heterocycles. The molecule has 124 valence electrons. The molecule has 1 N–H and O–H groups in total. The maximum atomic E-state index is 12.3. The SMILES string of the molecule is COc1ccc(NC(=O)[C@H](C)Sc2nnc(C)n2C)cc1OC. The van der Waals surface area contributed by atoms with Crippen molar-refractivity contribution in [2.75, 3.05) is 19.5 Å². The minimum Gasteiger partial charge on any atom is -0.493 e. The molecule has 0 aliphatic rings. The second kappa shape index (κ2) is 7.36. The number of anilines is 1. The van der Waals surface area contributed by atoms with Crippen molar-refractivity contribution >= 4 is 23.4 Å². The highest BCUT2D eigenvalue weighted by Crippen LogP contribution is 2.30. The molecule has 1 heterocycles. The van der Waals surface area contributed by atoms with Crippen molar-refractivity contribution in [2.24, 2.45) is 7.05 Å².